The van der Waals surface area contributed by atoms with Gasteiger partial charge in [0.05, 0.1) is 10.6 Å². The molecule has 22 heavy (non-hydrogen) atoms. The SMILES string of the molecule is O=C1NC(=Nc2ccc(Br)cc2)SC1=Cc1ccccc1O. The number of carbonyl (C=O) groups excluding carboxylic acids is 1. The van der Waals surface area contributed by atoms with Gasteiger partial charge in [-0.15, -0.1) is 0 Å². The highest BCUT2D eigenvalue weighted by atomic mass is 79.9. The van der Waals surface area contributed by atoms with Crippen molar-refractivity contribution in [3.63, 3.8) is 0 Å². The third-order valence-electron chi connectivity index (χ3n) is 2.93. The van der Waals surface area contributed by atoms with E-state index in [1.54, 1.807) is 30.3 Å². The zero-order valence-electron chi connectivity index (χ0n) is 11.3. The van der Waals surface area contributed by atoms with Gasteiger partial charge in [-0.2, -0.15) is 0 Å². The number of thioether (sulfide) groups is 1. The number of aliphatic imine (C=N–C) groups is 1. The Morgan fingerprint density at radius 2 is 1.86 bits per heavy atom. The molecular weight excluding hydrogens is 364 g/mol. The highest BCUT2D eigenvalue weighted by Gasteiger charge is 2.24. The quantitative estimate of drug-likeness (QED) is 0.779. The Morgan fingerprint density at radius 3 is 2.59 bits per heavy atom. The van der Waals surface area contributed by atoms with Gasteiger partial charge in [0.15, 0.2) is 5.17 Å². The van der Waals surface area contributed by atoms with E-state index in [4.69, 9.17) is 0 Å². The number of amidine groups is 1. The molecule has 1 aliphatic rings. The molecule has 2 aromatic carbocycles. The Morgan fingerprint density at radius 1 is 1.14 bits per heavy atom. The molecule has 0 radical (unpaired) electrons. The lowest BCUT2D eigenvalue weighted by Crippen LogP contribution is -2.19. The van der Waals surface area contributed by atoms with Crippen molar-refractivity contribution in [3.8, 4) is 5.75 Å². The number of phenolic OH excluding ortho intramolecular Hbond substituents is 1. The number of carbonyl (C=O) groups is 1. The number of hydrogen-bond donors (Lipinski definition) is 2. The average Bonchev–Trinajstić information content (AvgIpc) is 2.84. The number of nitrogens with one attached hydrogen (secondary N) is 1. The minimum absolute atomic E-state index is 0.140. The monoisotopic (exact) mass is 374 g/mol. The van der Waals surface area contributed by atoms with Crippen LogP contribution in [-0.2, 0) is 4.79 Å². The maximum Gasteiger partial charge on any atom is 0.264 e. The van der Waals surface area contributed by atoms with Crippen LogP contribution in [0.25, 0.3) is 6.08 Å². The smallest absolute Gasteiger partial charge is 0.264 e. The van der Waals surface area contributed by atoms with E-state index in [2.05, 4.69) is 26.2 Å². The molecule has 2 aromatic rings. The van der Waals surface area contributed by atoms with Gasteiger partial charge in [0.1, 0.15) is 5.75 Å². The van der Waals surface area contributed by atoms with Crippen molar-refractivity contribution in [2.75, 3.05) is 0 Å². The molecule has 0 aliphatic carbocycles. The molecule has 1 aliphatic heterocycles. The maximum absolute atomic E-state index is 12.0. The van der Waals surface area contributed by atoms with Crippen molar-refractivity contribution in [1.29, 1.82) is 0 Å². The lowest BCUT2D eigenvalue weighted by molar-refractivity contribution is -0.115. The van der Waals surface area contributed by atoms with Gasteiger partial charge in [-0.05, 0) is 48.2 Å². The second-order valence-corrected chi connectivity index (χ2v) is 6.46. The fourth-order valence-electron chi connectivity index (χ4n) is 1.86. The van der Waals surface area contributed by atoms with Crippen LogP contribution in [-0.4, -0.2) is 16.2 Å². The van der Waals surface area contributed by atoms with E-state index in [1.165, 1.54) is 11.8 Å². The molecule has 1 fully saturated rings. The molecule has 0 unspecified atom stereocenters. The first kappa shape index (κ1) is 14.9. The predicted octanol–water partition coefficient (Wildman–Crippen LogP) is 4.05. The molecule has 3 rings (SSSR count). The highest BCUT2D eigenvalue weighted by molar-refractivity contribution is 9.10. The molecule has 1 amide bonds. The third-order valence-corrected chi connectivity index (χ3v) is 4.37. The highest BCUT2D eigenvalue weighted by Crippen LogP contribution is 2.30. The summed E-state index contributed by atoms with van der Waals surface area (Å²) in [5, 5.41) is 13.0. The number of halogens is 1. The third kappa shape index (κ3) is 3.40. The number of hydrogen-bond acceptors (Lipinski definition) is 4. The minimum atomic E-state index is -0.218. The van der Waals surface area contributed by atoms with Crippen molar-refractivity contribution >= 4 is 50.5 Å². The molecule has 1 saturated heterocycles. The van der Waals surface area contributed by atoms with Gasteiger partial charge in [-0.3, -0.25) is 4.79 Å². The van der Waals surface area contributed by atoms with Crippen molar-refractivity contribution in [2.24, 2.45) is 4.99 Å². The molecule has 1 heterocycles. The van der Waals surface area contributed by atoms with Crippen molar-refractivity contribution in [3.05, 3.63) is 63.5 Å². The first-order valence-corrected chi connectivity index (χ1v) is 8.06. The summed E-state index contributed by atoms with van der Waals surface area (Å²) < 4.78 is 0.972. The van der Waals surface area contributed by atoms with Crippen LogP contribution in [0.4, 0.5) is 5.69 Å². The first-order chi connectivity index (χ1) is 10.6. The van der Waals surface area contributed by atoms with Crippen LogP contribution in [0.5, 0.6) is 5.75 Å². The van der Waals surface area contributed by atoms with Crippen LogP contribution in [0.2, 0.25) is 0 Å². The van der Waals surface area contributed by atoms with E-state index >= 15 is 0 Å². The Balaban J connectivity index is 1.84. The molecule has 0 aromatic heterocycles. The second kappa shape index (κ2) is 6.37. The van der Waals surface area contributed by atoms with Crippen LogP contribution in [0.15, 0.2) is 62.9 Å². The standard InChI is InChI=1S/C16H11BrN2O2S/c17-11-5-7-12(8-6-11)18-16-19-15(21)14(22-16)9-10-3-1-2-4-13(10)20/h1-9,20H,(H,18,19,21). The van der Waals surface area contributed by atoms with Crippen LogP contribution in [0.1, 0.15) is 5.56 Å². The zero-order chi connectivity index (χ0) is 15.5. The summed E-state index contributed by atoms with van der Waals surface area (Å²) in [5.41, 5.74) is 1.36. The average molecular weight is 375 g/mol. The minimum Gasteiger partial charge on any atom is -0.507 e. The number of amides is 1. The largest absolute Gasteiger partial charge is 0.507 e. The molecule has 0 spiro atoms. The van der Waals surface area contributed by atoms with Crippen molar-refractivity contribution in [1.82, 2.24) is 5.32 Å². The number of phenols is 1. The Bertz CT molecular complexity index is 785. The zero-order valence-corrected chi connectivity index (χ0v) is 13.7. The Kier molecular flexibility index (Phi) is 4.31. The summed E-state index contributed by atoms with van der Waals surface area (Å²) >= 11 is 4.61. The summed E-state index contributed by atoms with van der Waals surface area (Å²) in [6.45, 7) is 0. The number of benzene rings is 2. The van der Waals surface area contributed by atoms with Gasteiger partial charge in [0, 0.05) is 10.0 Å². The van der Waals surface area contributed by atoms with E-state index in [9.17, 15) is 9.90 Å². The normalized spacial score (nSPS) is 18.0. The van der Waals surface area contributed by atoms with Gasteiger partial charge in [0.2, 0.25) is 0 Å². The maximum atomic E-state index is 12.0. The van der Waals surface area contributed by atoms with E-state index in [-0.39, 0.29) is 11.7 Å². The summed E-state index contributed by atoms with van der Waals surface area (Å²) in [6, 6.07) is 14.4. The van der Waals surface area contributed by atoms with Crippen LogP contribution < -0.4 is 5.32 Å². The summed E-state index contributed by atoms with van der Waals surface area (Å²) in [6.07, 6.45) is 1.65. The van der Waals surface area contributed by atoms with Crippen molar-refractivity contribution in [2.45, 2.75) is 0 Å². The molecule has 2 N–H and O–H groups in total. The molecule has 6 heteroatoms. The second-order valence-electron chi connectivity index (χ2n) is 4.52. The first-order valence-electron chi connectivity index (χ1n) is 6.45. The van der Waals surface area contributed by atoms with E-state index < -0.39 is 0 Å². The van der Waals surface area contributed by atoms with Crippen LogP contribution in [0, 0.1) is 0 Å². The van der Waals surface area contributed by atoms with Gasteiger partial charge in [0.25, 0.3) is 5.91 Å². The molecular formula is C16H11BrN2O2S. The van der Waals surface area contributed by atoms with Crippen molar-refractivity contribution < 1.29 is 9.90 Å². The predicted molar refractivity (Wildman–Crippen MR) is 93.1 cm³/mol. The Hall–Kier alpha value is -2.05. The topological polar surface area (TPSA) is 61.7 Å². The van der Waals surface area contributed by atoms with Gasteiger partial charge in [-0.1, -0.05) is 34.1 Å². The van der Waals surface area contributed by atoms with E-state index in [1.807, 2.05) is 24.3 Å². The summed E-state index contributed by atoms with van der Waals surface area (Å²) in [5.74, 6) is -0.0780. The van der Waals surface area contributed by atoms with Gasteiger partial charge >= 0.3 is 0 Å². The van der Waals surface area contributed by atoms with Gasteiger partial charge < -0.3 is 10.4 Å². The molecule has 0 atom stereocenters. The number of nitrogens with zero attached hydrogens (tertiary/aromatic N) is 1. The number of rotatable bonds is 2. The fourth-order valence-corrected chi connectivity index (χ4v) is 2.96. The summed E-state index contributed by atoms with van der Waals surface area (Å²) in [7, 11) is 0. The number of aromatic hydroxyl groups is 1. The lowest BCUT2D eigenvalue weighted by atomic mass is 10.2. The van der Waals surface area contributed by atoms with Crippen LogP contribution in [0.3, 0.4) is 0 Å². The summed E-state index contributed by atoms with van der Waals surface area (Å²) in [4.78, 5) is 16.9. The fraction of sp³-hybridized carbons (Fsp3) is 0. The van der Waals surface area contributed by atoms with Gasteiger partial charge in [-0.25, -0.2) is 4.99 Å². The Labute approximate surface area is 140 Å². The number of para-hydroxylation sites is 1. The van der Waals surface area contributed by atoms with E-state index in [0.29, 0.717) is 15.6 Å². The molecule has 0 saturated carbocycles. The molecule has 110 valence electrons. The lowest BCUT2D eigenvalue weighted by Gasteiger charge is -1.98. The molecule has 0 bridgehead atoms. The van der Waals surface area contributed by atoms with E-state index in [0.717, 1.165) is 10.2 Å². The van der Waals surface area contributed by atoms with Crippen LogP contribution >= 0.6 is 27.7 Å². The molecule has 4 nitrogen and oxygen atoms in total.